The van der Waals surface area contributed by atoms with Crippen molar-refractivity contribution in [3.8, 4) is 0 Å². The molecule has 1 atom stereocenters. The molecule has 0 radical (unpaired) electrons. The third-order valence-corrected chi connectivity index (χ3v) is 3.01. The lowest BCUT2D eigenvalue weighted by Crippen LogP contribution is -2.20. The summed E-state index contributed by atoms with van der Waals surface area (Å²) in [5.41, 5.74) is 0.513. The molecule has 5 nitrogen and oxygen atoms in total. The van der Waals surface area contributed by atoms with Gasteiger partial charge in [0.1, 0.15) is 0 Å². The van der Waals surface area contributed by atoms with E-state index in [4.69, 9.17) is 9.84 Å². The number of ether oxygens (including phenoxy) is 1. The number of alkyl halides is 1. The van der Waals surface area contributed by atoms with Crippen LogP contribution in [-0.4, -0.2) is 34.3 Å². The first-order valence-electron chi connectivity index (χ1n) is 6.07. The molecule has 0 spiro atoms. The summed E-state index contributed by atoms with van der Waals surface area (Å²) in [6, 6.07) is 4.53. The molecule has 20 heavy (non-hydrogen) atoms. The van der Waals surface area contributed by atoms with Crippen LogP contribution in [0.15, 0.2) is 18.2 Å². The highest BCUT2D eigenvalue weighted by molar-refractivity contribution is 9.10. The number of carboxylic acids is 1. The summed E-state index contributed by atoms with van der Waals surface area (Å²) in [4.78, 5) is 34.5. The summed E-state index contributed by atoms with van der Waals surface area (Å²) < 4.78 is 4.90. The molecule has 0 fully saturated rings. The van der Waals surface area contributed by atoms with Crippen LogP contribution in [0.3, 0.4) is 0 Å². The Morgan fingerprint density at radius 2 is 2.00 bits per heavy atom. The summed E-state index contributed by atoms with van der Waals surface area (Å²) in [6.07, 6.45) is -0.325. The number of aliphatic carboxylic acids is 1. The third-order valence-electron chi connectivity index (χ3n) is 2.60. The van der Waals surface area contributed by atoms with E-state index in [-0.39, 0.29) is 29.9 Å². The SMILES string of the molecule is CCOC(=O)c1cccc(CC(=O)O)c1C(=O)C(C)Br. The van der Waals surface area contributed by atoms with E-state index in [0.29, 0.717) is 5.56 Å². The Morgan fingerprint density at radius 3 is 2.50 bits per heavy atom. The fraction of sp³-hybridized carbons (Fsp3) is 0.357. The number of carbonyl (C=O) groups excluding carboxylic acids is 2. The molecule has 0 saturated carbocycles. The van der Waals surface area contributed by atoms with Crippen molar-refractivity contribution in [1.82, 2.24) is 0 Å². The van der Waals surface area contributed by atoms with Crippen LogP contribution in [0.1, 0.15) is 40.1 Å². The second-order valence-corrected chi connectivity index (χ2v) is 5.48. The van der Waals surface area contributed by atoms with Crippen LogP contribution in [-0.2, 0) is 16.0 Å². The van der Waals surface area contributed by atoms with Crippen LogP contribution >= 0.6 is 15.9 Å². The fourth-order valence-corrected chi connectivity index (χ4v) is 2.01. The van der Waals surface area contributed by atoms with Gasteiger partial charge in [0, 0.05) is 5.56 Å². The smallest absolute Gasteiger partial charge is 0.338 e. The maximum absolute atomic E-state index is 12.2. The van der Waals surface area contributed by atoms with Crippen molar-refractivity contribution in [2.75, 3.05) is 6.61 Å². The zero-order valence-corrected chi connectivity index (χ0v) is 12.8. The molecule has 0 bridgehead atoms. The molecule has 1 aromatic rings. The number of hydrogen-bond donors (Lipinski definition) is 1. The maximum Gasteiger partial charge on any atom is 0.338 e. The number of hydrogen-bond acceptors (Lipinski definition) is 4. The second-order valence-electron chi connectivity index (χ2n) is 4.11. The predicted octanol–water partition coefficient (Wildman–Crippen LogP) is 2.46. The average molecular weight is 343 g/mol. The van der Waals surface area contributed by atoms with E-state index in [2.05, 4.69) is 15.9 Å². The molecule has 0 amide bonds. The molecule has 0 aliphatic heterocycles. The molecular weight excluding hydrogens is 328 g/mol. The van der Waals surface area contributed by atoms with Crippen molar-refractivity contribution in [3.63, 3.8) is 0 Å². The molecule has 1 N–H and O–H groups in total. The average Bonchev–Trinajstić information content (AvgIpc) is 2.37. The first-order valence-corrected chi connectivity index (χ1v) is 6.99. The minimum atomic E-state index is -1.07. The molecule has 6 heteroatoms. The molecule has 0 aromatic heterocycles. The van der Waals surface area contributed by atoms with Crippen molar-refractivity contribution < 1.29 is 24.2 Å². The number of carboxylic acid groups (broad SMARTS) is 1. The lowest BCUT2D eigenvalue weighted by Gasteiger charge is -2.13. The molecule has 0 aliphatic rings. The monoisotopic (exact) mass is 342 g/mol. The van der Waals surface area contributed by atoms with Gasteiger partial charge < -0.3 is 9.84 Å². The van der Waals surface area contributed by atoms with Crippen LogP contribution in [0.4, 0.5) is 0 Å². The van der Waals surface area contributed by atoms with Crippen LogP contribution in [0.25, 0.3) is 0 Å². The highest BCUT2D eigenvalue weighted by Gasteiger charge is 2.24. The van der Waals surface area contributed by atoms with E-state index in [1.165, 1.54) is 12.1 Å². The van der Waals surface area contributed by atoms with E-state index >= 15 is 0 Å². The Bertz CT molecular complexity index is 536. The number of rotatable bonds is 6. The van der Waals surface area contributed by atoms with Crippen LogP contribution in [0, 0.1) is 0 Å². The van der Waals surface area contributed by atoms with Gasteiger partial charge in [0.15, 0.2) is 5.78 Å². The van der Waals surface area contributed by atoms with Gasteiger partial charge in [0.25, 0.3) is 0 Å². The molecule has 1 rings (SSSR count). The summed E-state index contributed by atoms with van der Waals surface area (Å²) >= 11 is 3.15. The fourth-order valence-electron chi connectivity index (χ4n) is 1.78. The maximum atomic E-state index is 12.2. The Morgan fingerprint density at radius 1 is 1.35 bits per heavy atom. The normalized spacial score (nSPS) is 11.8. The van der Waals surface area contributed by atoms with Crippen molar-refractivity contribution in [1.29, 1.82) is 0 Å². The molecule has 0 aliphatic carbocycles. The van der Waals surface area contributed by atoms with Crippen LogP contribution < -0.4 is 0 Å². The van der Waals surface area contributed by atoms with Gasteiger partial charge in [-0.15, -0.1) is 0 Å². The zero-order chi connectivity index (χ0) is 15.3. The summed E-state index contributed by atoms with van der Waals surface area (Å²) in [5.74, 6) is -2.04. The lowest BCUT2D eigenvalue weighted by atomic mass is 9.94. The zero-order valence-electron chi connectivity index (χ0n) is 11.2. The molecule has 1 unspecified atom stereocenters. The summed E-state index contributed by atoms with van der Waals surface area (Å²) in [6.45, 7) is 3.46. The number of halogens is 1. The highest BCUT2D eigenvalue weighted by atomic mass is 79.9. The van der Waals surface area contributed by atoms with E-state index in [9.17, 15) is 14.4 Å². The summed E-state index contributed by atoms with van der Waals surface area (Å²) in [7, 11) is 0. The van der Waals surface area contributed by atoms with Gasteiger partial charge in [0.05, 0.1) is 23.4 Å². The number of ketones is 1. The number of esters is 1. The van der Waals surface area contributed by atoms with Crippen molar-refractivity contribution in [3.05, 3.63) is 34.9 Å². The first-order chi connectivity index (χ1) is 9.38. The van der Waals surface area contributed by atoms with Crippen LogP contribution in [0.2, 0.25) is 0 Å². The van der Waals surface area contributed by atoms with Gasteiger partial charge in [0.2, 0.25) is 0 Å². The minimum absolute atomic E-state index is 0.0990. The van der Waals surface area contributed by atoms with Gasteiger partial charge >= 0.3 is 11.9 Å². The number of benzene rings is 1. The second kappa shape index (κ2) is 7.19. The molecule has 0 heterocycles. The molecule has 0 saturated heterocycles. The van der Waals surface area contributed by atoms with Gasteiger partial charge in [-0.1, -0.05) is 28.1 Å². The Kier molecular flexibility index (Phi) is 5.88. The van der Waals surface area contributed by atoms with Crippen molar-refractivity contribution in [2.45, 2.75) is 25.1 Å². The third kappa shape index (κ3) is 3.90. The topological polar surface area (TPSA) is 80.7 Å². The number of Topliss-reactive ketones (excluding diaryl/α,β-unsaturated/α-hetero) is 1. The van der Waals surface area contributed by atoms with Gasteiger partial charge in [-0.3, -0.25) is 9.59 Å². The van der Waals surface area contributed by atoms with Gasteiger partial charge in [-0.05, 0) is 25.5 Å². The Balaban J connectivity index is 3.39. The Labute approximate surface area is 125 Å². The minimum Gasteiger partial charge on any atom is -0.481 e. The predicted molar refractivity (Wildman–Crippen MR) is 76.5 cm³/mol. The lowest BCUT2D eigenvalue weighted by molar-refractivity contribution is -0.136. The Hall–Kier alpha value is -1.69. The van der Waals surface area contributed by atoms with Crippen LogP contribution in [0.5, 0.6) is 0 Å². The standard InChI is InChI=1S/C14H15BrO5/c1-3-20-14(19)10-6-4-5-9(7-11(16)17)12(10)13(18)8(2)15/h4-6,8H,3,7H2,1-2H3,(H,16,17). The first kappa shape index (κ1) is 16.4. The largest absolute Gasteiger partial charge is 0.481 e. The molecule has 1 aromatic carbocycles. The van der Waals surface area contributed by atoms with E-state index in [0.717, 1.165) is 0 Å². The van der Waals surface area contributed by atoms with E-state index < -0.39 is 16.8 Å². The summed E-state index contributed by atoms with van der Waals surface area (Å²) in [5, 5.41) is 8.91. The van der Waals surface area contributed by atoms with Gasteiger partial charge in [-0.2, -0.15) is 0 Å². The van der Waals surface area contributed by atoms with Crippen molar-refractivity contribution in [2.24, 2.45) is 0 Å². The van der Waals surface area contributed by atoms with Gasteiger partial charge in [-0.25, -0.2) is 4.79 Å². The van der Waals surface area contributed by atoms with E-state index in [1.807, 2.05) is 0 Å². The highest BCUT2D eigenvalue weighted by Crippen LogP contribution is 2.21. The van der Waals surface area contributed by atoms with E-state index in [1.54, 1.807) is 19.9 Å². The molecule has 108 valence electrons. The molecular formula is C14H15BrO5. The quantitative estimate of drug-likeness (QED) is 0.488. The number of carbonyl (C=O) groups is 3. The van der Waals surface area contributed by atoms with Crippen molar-refractivity contribution >= 4 is 33.7 Å².